The molecule has 0 spiro atoms. The van der Waals surface area contributed by atoms with Gasteiger partial charge >= 0.3 is 6.09 Å². The normalized spacial score (nSPS) is 15.4. The fourth-order valence-corrected chi connectivity index (χ4v) is 6.92. The second-order valence-corrected chi connectivity index (χ2v) is 13.2. The Morgan fingerprint density at radius 3 is 2.00 bits per heavy atom. The largest absolute Gasteiger partial charge is 0.453 e. The molecule has 0 radical (unpaired) electrons. The first-order chi connectivity index (χ1) is 21.1. The van der Waals surface area contributed by atoms with E-state index in [0.717, 1.165) is 24.0 Å². The van der Waals surface area contributed by atoms with Gasteiger partial charge < -0.3 is 26.2 Å². The van der Waals surface area contributed by atoms with Gasteiger partial charge in [-0.15, -0.1) is 0 Å². The number of nitrogens with one attached hydrogen (secondary N) is 2. The van der Waals surface area contributed by atoms with Crippen LogP contribution in [0.2, 0.25) is 0 Å². The van der Waals surface area contributed by atoms with E-state index < -0.39 is 34.1 Å². The van der Waals surface area contributed by atoms with Crippen LogP contribution < -0.4 is 16.4 Å². The van der Waals surface area contributed by atoms with Crippen LogP contribution in [0.5, 0.6) is 0 Å². The third-order valence-corrected chi connectivity index (χ3v) is 10.2. The lowest BCUT2D eigenvalue weighted by atomic mass is 9.84. The maximum absolute atomic E-state index is 14.0. The van der Waals surface area contributed by atoms with E-state index in [1.807, 2.05) is 60.7 Å². The first kappa shape index (κ1) is 33.0. The summed E-state index contributed by atoms with van der Waals surface area (Å²) < 4.78 is 32.4. The number of sulfonamides is 1. The van der Waals surface area contributed by atoms with Crippen LogP contribution in [0, 0.1) is 5.92 Å². The quantitative estimate of drug-likeness (QED) is 0.188. The van der Waals surface area contributed by atoms with Crippen LogP contribution in [0.1, 0.15) is 49.1 Å². The van der Waals surface area contributed by atoms with Gasteiger partial charge in [-0.3, -0.25) is 4.79 Å². The number of carbonyl (C=O) groups excluding carboxylic acids is 2. The summed E-state index contributed by atoms with van der Waals surface area (Å²) in [7, 11) is -1.11. The van der Waals surface area contributed by atoms with Crippen molar-refractivity contribution in [1.29, 1.82) is 0 Å². The number of hydrogen-bond donors (Lipinski definition) is 4. The van der Waals surface area contributed by atoms with Crippen LogP contribution in [0.4, 0.5) is 10.5 Å². The molecular formula is C33H42N4O6S. The second-order valence-electron chi connectivity index (χ2n) is 11.2. The Hall–Kier alpha value is -3.93. The average molecular weight is 623 g/mol. The van der Waals surface area contributed by atoms with Crippen molar-refractivity contribution < 1.29 is 27.9 Å². The molecule has 3 aromatic rings. The molecule has 44 heavy (non-hydrogen) atoms. The van der Waals surface area contributed by atoms with E-state index in [2.05, 4.69) is 10.6 Å². The van der Waals surface area contributed by atoms with Crippen molar-refractivity contribution >= 4 is 27.7 Å². The summed E-state index contributed by atoms with van der Waals surface area (Å²) in [6, 6.07) is 23.3. The van der Waals surface area contributed by atoms with Crippen molar-refractivity contribution in [3.63, 3.8) is 0 Å². The number of aliphatic hydroxyl groups excluding tert-OH is 1. The summed E-state index contributed by atoms with van der Waals surface area (Å²) >= 11 is 0. The number of alkyl carbamates (subject to hydrolysis) is 1. The molecular weight excluding hydrogens is 580 g/mol. The minimum Gasteiger partial charge on any atom is -0.453 e. The number of benzene rings is 3. The predicted molar refractivity (Wildman–Crippen MR) is 169 cm³/mol. The van der Waals surface area contributed by atoms with E-state index in [1.54, 1.807) is 0 Å². The van der Waals surface area contributed by atoms with Crippen molar-refractivity contribution in [3.8, 4) is 0 Å². The van der Waals surface area contributed by atoms with Crippen molar-refractivity contribution in [1.82, 2.24) is 14.9 Å². The van der Waals surface area contributed by atoms with E-state index in [9.17, 15) is 23.1 Å². The van der Waals surface area contributed by atoms with Crippen LogP contribution in [0.15, 0.2) is 89.8 Å². The number of carbonyl (C=O) groups is 2. The number of anilines is 1. The number of rotatable bonds is 15. The molecule has 3 aromatic carbocycles. The van der Waals surface area contributed by atoms with Gasteiger partial charge in [0.25, 0.3) is 0 Å². The molecule has 0 aromatic heterocycles. The van der Waals surface area contributed by atoms with Gasteiger partial charge in [0, 0.05) is 30.7 Å². The monoisotopic (exact) mass is 622 g/mol. The van der Waals surface area contributed by atoms with Gasteiger partial charge in [0.15, 0.2) is 0 Å². The number of nitrogens with two attached hydrogens (primary N) is 1. The maximum atomic E-state index is 14.0. The molecule has 3 atom stereocenters. The van der Waals surface area contributed by atoms with Crippen molar-refractivity contribution in [2.75, 3.05) is 26.5 Å². The molecule has 0 aliphatic heterocycles. The number of amides is 2. The van der Waals surface area contributed by atoms with Gasteiger partial charge in [-0.1, -0.05) is 60.7 Å². The molecule has 3 unspecified atom stereocenters. The summed E-state index contributed by atoms with van der Waals surface area (Å²) in [6.45, 7) is -0.341. The van der Waals surface area contributed by atoms with Crippen molar-refractivity contribution in [3.05, 3.63) is 96.1 Å². The summed E-state index contributed by atoms with van der Waals surface area (Å²) in [5.74, 6) is -0.512. The van der Waals surface area contributed by atoms with Gasteiger partial charge in [-0.2, -0.15) is 4.31 Å². The molecule has 0 heterocycles. The van der Waals surface area contributed by atoms with Gasteiger partial charge in [0.2, 0.25) is 15.9 Å². The standard InChI is InChI=1S/C33H42N4O6S/c1-37(44(41,42)28-20-18-26(34)19-21-28)27(22-38)14-9-15-29(23-16-17-23)35-32(39)31(36-33(40)43-2)30(24-10-5-3-6-11-24)25-12-7-4-8-13-25/h3-8,10-13,18-21,23,27,29-31,38H,9,14-17,22,34H2,1-2H3,(H,35,39)(H,36,40). The number of methoxy groups -OCH3 is 1. The number of likely N-dealkylation sites (N-methyl/N-ethyl adjacent to an activating group) is 1. The second kappa shape index (κ2) is 15.2. The molecule has 11 heteroatoms. The third kappa shape index (κ3) is 8.37. The fourth-order valence-electron chi connectivity index (χ4n) is 5.54. The molecule has 1 aliphatic carbocycles. The van der Waals surface area contributed by atoms with Gasteiger partial charge in [0.05, 0.1) is 18.6 Å². The van der Waals surface area contributed by atoms with Crippen molar-refractivity contribution in [2.45, 2.75) is 61.0 Å². The molecule has 236 valence electrons. The number of hydrogen-bond acceptors (Lipinski definition) is 7. The minimum absolute atomic E-state index is 0.103. The Morgan fingerprint density at radius 1 is 0.932 bits per heavy atom. The topological polar surface area (TPSA) is 151 Å². The Bertz CT molecular complexity index is 1430. The zero-order chi connectivity index (χ0) is 31.7. The van der Waals surface area contributed by atoms with Crippen LogP contribution in [0.3, 0.4) is 0 Å². The molecule has 0 saturated heterocycles. The van der Waals surface area contributed by atoms with E-state index in [-0.39, 0.29) is 29.4 Å². The number of ether oxygens (including phenoxy) is 1. The molecule has 1 aliphatic rings. The lowest BCUT2D eigenvalue weighted by Crippen LogP contribution is -2.53. The molecule has 10 nitrogen and oxygen atoms in total. The maximum Gasteiger partial charge on any atom is 0.407 e. The van der Waals surface area contributed by atoms with E-state index in [4.69, 9.17) is 10.5 Å². The van der Waals surface area contributed by atoms with Crippen molar-refractivity contribution in [2.24, 2.45) is 5.92 Å². The van der Waals surface area contributed by atoms with E-state index in [0.29, 0.717) is 24.9 Å². The van der Waals surface area contributed by atoms with Crippen LogP contribution in [-0.2, 0) is 19.6 Å². The molecule has 5 N–H and O–H groups in total. The van der Waals surface area contributed by atoms with Crippen LogP contribution in [-0.4, -0.2) is 68.7 Å². The first-order valence-electron chi connectivity index (χ1n) is 14.8. The highest BCUT2D eigenvalue weighted by atomic mass is 32.2. The SMILES string of the molecule is COC(=O)NC(C(=O)NC(CCCC(CO)N(C)S(=O)(=O)c1ccc(N)cc1)C1CC1)C(c1ccccc1)c1ccccc1. The lowest BCUT2D eigenvalue weighted by molar-refractivity contribution is -0.124. The summed E-state index contributed by atoms with van der Waals surface area (Å²) in [6.07, 6.45) is 2.80. The Morgan fingerprint density at radius 2 is 1.50 bits per heavy atom. The first-order valence-corrected chi connectivity index (χ1v) is 16.3. The molecule has 4 rings (SSSR count). The Kier molecular flexibility index (Phi) is 11.4. The third-order valence-electron chi connectivity index (χ3n) is 8.25. The molecule has 2 amide bonds. The Labute approximate surface area is 259 Å². The smallest absolute Gasteiger partial charge is 0.407 e. The zero-order valence-electron chi connectivity index (χ0n) is 25.1. The van der Waals surface area contributed by atoms with Crippen LogP contribution in [0.25, 0.3) is 0 Å². The molecule has 1 saturated carbocycles. The molecule has 1 fully saturated rings. The van der Waals surface area contributed by atoms with Gasteiger partial charge in [0.1, 0.15) is 6.04 Å². The number of aliphatic hydroxyl groups is 1. The van der Waals surface area contributed by atoms with Gasteiger partial charge in [-0.05, 0) is 73.4 Å². The fraction of sp³-hybridized carbons (Fsp3) is 0.394. The van der Waals surface area contributed by atoms with Crippen LogP contribution >= 0.6 is 0 Å². The summed E-state index contributed by atoms with van der Waals surface area (Å²) in [5, 5.41) is 16.1. The highest BCUT2D eigenvalue weighted by Gasteiger charge is 2.38. The van der Waals surface area contributed by atoms with E-state index >= 15 is 0 Å². The highest BCUT2D eigenvalue weighted by Crippen LogP contribution is 2.36. The van der Waals surface area contributed by atoms with Gasteiger partial charge in [-0.25, -0.2) is 13.2 Å². The zero-order valence-corrected chi connectivity index (χ0v) is 26.0. The summed E-state index contributed by atoms with van der Waals surface area (Å²) in [5.41, 5.74) is 7.91. The number of nitrogen functional groups attached to an aromatic ring is 1. The van der Waals surface area contributed by atoms with E-state index in [1.165, 1.54) is 42.7 Å². The average Bonchev–Trinajstić information content (AvgIpc) is 3.89. The Balaban J connectivity index is 1.48. The predicted octanol–water partition coefficient (Wildman–Crippen LogP) is 3.87. The summed E-state index contributed by atoms with van der Waals surface area (Å²) in [4.78, 5) is 26.6. The highest BCUT2D eigenvalue weighted by molar-refractivity contribution is 7.89. The lowest BCUT2D eigenvalue weighted by Gasteiger charge is -2.30. The minimum atomic E-state index is -3.83. The number of nitrogens with zero attached hydrogens (tertiary/aromatic N) is 1. The molecule has 0 bridgehead atoms.